The summed E-state index contributed by atoms with van der Waals surface area (Å²) in [6.45, 7) is 2.07. The summed E-state index contributed by atoms with van der Waals surface area (Å²) in [6, 6.07) is 10.2. The van der Waals surface area contributed by atoms with Crippen molar-refractivity contribution >= 4 is 34.2 Å². The highest BCUT2D eigenvalue weighted by molar-refractivity contribution is 7.99. The number of carbonyl (C=O) groups is 1. The van der Waals surface area contributed by atoms with E-state index < -0.39 is 0 Å². The Morgan fingerprint density at radius 2 is 2.05 bits per heavy atom. The highest BCUT2D eigenvalue weighted by atomic mass is 32.2. The van der Waals surface area contributed by atoms with E-state index in [2.05, 4.69) is 29.3 Å². The Labute approximate surface area is 127 Å². The van der Waals surface area contributed by atoms with E-state index in [0.717, 1.165) is 16.3 Å². The smallest absolute Gasteiger partial charge is 0.232 e. The molecule has 21 heavy (non-hydrogen) atoms. The first-order valence-electron chi connectivity index (χ1n) is 6.64. The van der Waals surface area contributed by atoms with Gasteiger partial charge in [0.1, 0.15) is 0 Å². The molecule has 2 aromatic heterocycles. The van der Waals surface area contributed by atoms with E-state index in [1.165, 1.54) is 22.7 Å². The number of benzene rings is 1. The number of hydrogen-bond acceptors (Lipinski definition) is 4. The maximum atomic E-state index is 11.7. The predicted molar refractivity (Wildman–Crippen MR) is 84.6 cm³/mol. The Kier molecular flexibility index (Phi) is 3.55. The highest BCUT2D eigenvalue weighted by Gasteiger charge is 2.13. The molecule has 2 heterocycles. The van der Waals surface area contributed by atoms with Crippen molar-refractivity contribution in [1.82, 2.24) is 19.5 Å². The zero-order valence-electron chi connectivity index (χ0n) is 12.2. The fourth-order valence-electron chi connectivity index (χ4n) is 2.22. The Morgan fingerprint density at radius 1 is 1.29 bits per heavy atom. The number of rotatable bonds is 3. The Morgan fingerprint density at radius 3 is 2.81 bits per heavy atom. The molecule has 0 spiro atoms. The first kappa shape index (κ1) is 13.9. The lowest BCUT2D eigenvalue weighted by molar-refractivity contribution is -0.125. The van der Waals surface area contributed by atoms with Crippen molar-refractivity contribution in [3.8, 4) is 0 Å². The highest BCUT2D eigenvalue weighted by Crippen LogP contribution is 2.25. The summed E-state index contributed by atoms with van der Waals surface area (Å²) in [7, 11) is 3.51. The number of amides is 1. The molecule has 0 saturated heterocycles. The molecular formula is C15H16N4OS. The van der Waals surface area contributed by atoms with E-state index in [9.17, 15) is 4.79 Å². The third-order valence-corrected chi connectivity index (χ3v) is 4.31. The number of para-hydroxylation sites is 1. The fourth-order valence-corrected chi connectivity index (χ4v) is 3.15. The maximum absolute atomic E-state index is 11.7. The molecule has 0 aliphatic rings. The van der Waals surface area contributed by atoms with E-state index in [0.29, 0.717) is 5.75 Å². The van der Waals surface area contributed by atoms with Crippen LogP contribution in [-0.4, -0.2) is 45.3 Å². The zero-order chi connectivity index (χ0) is 15.0. The van der Waals surface area contributed by atoms with Crippen LogP contribution >= 0.6 is 11.8 Å². The summed E-state index contributed by atoms with van der Waals surface area (Å²) in [5.74, 6) is 0.420. The minimum atomic E-state index is 0.0631. The molecule has 1 aromatic carbocycles. The lowest BCUT2D eigenvalue weighted by Crippen LogP contribution is -2.23. The predicted octanol–water partition coefficient (Wildman–Crippen LogP) is 2.37. The van der Waals surface area contributed by atoms with Gasteiger partial charge in [-0.1, -0.05) is 30.0 Å². The Bertz CT molecular complexity index is 825. The van der Waals surface area contributed by atoms with Crippen molar-refractivity contribution in [3.05, 3.63) is 35.9 Å². The second-order valence-electron chi connectivity index (χ2n) is 5.10. The van der Waals surface area contributed by atoms with E-state index in [1.54, 1.807) is 19.0 Å². The summed E-state index contributed by atoms with van der Waals surface area (Å²) in [5, 5.41) is 10.4. The van der Waals surface area contributed by atoms with Crippen LogP contribution in [0.1, 0.15) is 5.56 Å². The van der Waals surface area contributed by atoms with Crippen LogP contribution in [-0.2, 0) is 4.79 Å². The van der Waals surface area contributed by atoms with E-state index in [4.69, 9.17) is 0 Å². The van der Waals surface area contributed by atoms with Crippen molar-refractivity contribution in [3.63, 3.8) is 0 Å². The van der Waals surface area contributed by atoms with Crippen LogP contribution in [0.2, 0.25) is 0 Å². The van der Waals surface area contributed by atoms with Crippen LogP contribution < -0.4 is 0 Å². The van der Waals surface area contributed by atoms with Crippen molar-refractivity contribution < 1.29 is 4.79 Å². The average molecular weight is 300 g/mol. The molecule has 3 aromatic rings. The van der Waals surface area contributed by atoms with Gasteiger partial charge in [0.05, 0.1) is 11.3 Å². The first-order chi connectivity index (χ1) is 10.1. The first-order valence-corrected chi connectivity index (χ1v) is 7.63. The van der Waals surface area contributed by atoms with Crippen LogP contribution in [0, 0.1) is 6.92 Å². The van der Waals surface area contributed by atoms with Crippen LogP contribution in [0.4, 0.5) is 0 Å². The third kappa shape index (κ3) is 2.47. The largest absolute Gasteiger partial charge is 0.348 e. The molecule has 0 bridgehead atoms. The van der Waals surface area contributed by atoms with Gasteiger partial charge in [-0.3, -0.25) is 9.20 Å². The van der Waals surface area contributed by atoms with E-state index in [-0.39, 0.29) is 5.91 Å². The number of aryl methyl sites for hydroxylation is 1. The molecule has 0 N–H and O–H groups in total. The summed E-state index contributed by atoms with van der Waals surface area (Å²) >= 11 is 1.41. The Balaban J connectivity index is 2.08. The van der Waals surface area contributed by atoms with Gasteiger partial charge in [-0.15, -0.1) is 10.2 Å². The van der Waals surface area contributed by atoms with Crippen molar-refractivity contribution in [2.75, 3.05) is 19.8 Å². The second kappa shape index (κ2) is 5.37. The lowest BCUT2D eigenvalue weighted by atomic mass is 10.1. The van der Waals surface area contributed by atoms with Crippen LogP contribution in [0.15, 0.2) is 35.5 Å². The molecule has 1 amide bonds. The molecule has 0 aliphatic carbocycles. The third-order valence-electron chi connectivity index (χ3n) is 3.40. The zero-order valence-corrected chi connectivity index (χ0v) is 13.0. The summed E-state index contributed by atoms with van der Waals surface area (Å²) in [4.78, 5) is 13.3. The quantitative estimate of drug-likeness (QED) is 0.697. The van der Waals surface area contributed by atoms with Gasteiger partial charge in [-0.2, -0.15) is 0 Å². The van der Waals surface area contributed by atoms with Crippen molar-refractivity contribution in [2.45, 2.75) is 12.1 Å². The lowest BCUT2D eigenvalue weighted by Gasteiger charge is -2.10. The minimum Gasteiger partial charge on any atom is -0.348 e. The molecule has 0 aliphatic heterocycles. The number of thioether (sulfide) groups is 1. The summed E-state index contributed by atoms with van der Waals surface area (Å²) < 4.78 is 2.01. The normalized spacial score (nSPS) is 11.2. The van der Waals surface area contributed by atoms with Gasteiger partial charge in [0.2, 0.25) is 5.91 Å². The second-order valence-corrected chi connectivity index (χ2v) is 6.04. The van der Waals surface area contributed by atoms with Gasteiger partial charge in [0, 0.05) is 19.5 Å². The number of fused-ring (bicyclic) bond motifs is 3. The fraction of sp³-hybridized carbons (Fsp3) is 0.267. The number of pyridine rings is 1. The van der Waals surface area contributed by atoms with Gasteiger partial charge in [-0.05, 0) is 24.6 Å². The van der Waals surface area contributed by atoms with Crippen molar-refractivity contribution in [2.24, 2.45) is 0 Å². The monoisotopic (exact) mass is 300 g/mol. The number of hydrogen-bond donors (Lipinski definition) is 0. The van der Waals surface area contributed by atoms with Crippen LogP contribution in [0.25, 0.3) is 16.6 Å². The molecule has 0 radical (unpaired) electrons. The standard InChI is InChI=1S/C15H16N4OS/c1-10-8-13-16-17-15(21-9-14(20)18(2)3)19(13)12-7-5-4-6-11(10)12/h4-8H,9H2,1-3H3. The average Bonchev–Trinajstić information content (AvgIpc) is 2.88. The van der Waals surface area contributed by atoms with Gasteiger partial charge in [-0.25, -0.2) is 0 Å². The van der Waals surface area contributed by atoms with E-state index >= 15 is 0 Å². The number of carbonyl (C=O) groups excluding carboxylic acids is 1. The van der Waals surface area contributed by atoms with Crippen LogP contribution in [0.3, 0.4) is 0 Å². The maximum Gasteiger partial charge on any atom is 0.232 e. The molecule has 5 nitrogen and oxygen atoms in total. The van der Waals surface area contributed by atoms with Crippen LogP contribution in [0.5, 0.6) is 0 Å². The molecule has 0 saturated carbocycles. The van der Waals surface area contributed by atoms with Gasteiger partial charge in [0.25, 0.3) is 0 Å². The molecule has 0 fully saturated rings. The summed E-state index contributed by atoms with van der Waals surface area (Å²) in [6.07, 6.45) is 0. The molecule has 0 atom stereocenters. The molecule has 3 rings (SSSR count). The van der Waals surface area contributed by atoms with Gasteiger partial charge < -0.3 is 4.90 Å². The molecule has 108 valence electrons. The molecule has 6 heteroatoms. The van der Waals surface area contributed by atoms with Gasteiger partial charge in [0.15, 0.2) is 10.8 Å². The SMILES string of the molecule is Cc1cc2nnc(SCC(=O)N(C)C)n2c2ccccc12. The summed E-state index contributed by atoms with van der Waals surface area (Å²) in [5.41, 5.74) is 3.05. The minimum absolute atomic E-state index is 0.0631. The topological polar surface area (TPSA) is 50.5 Å². The number of aromatic nitrogens is 3. The Hall–Kier alpha value is -2.08. The van der Waals surface area contributed by atoms with Gasteiger partial charge >= 0.3 is 0 Å². The molecule has 0 unspecified atom stereocenters. The number of nitrogens with zero attached hydrogens (tertiary/aromatic N) is 4. The molecular weight excluding hydrogens is 284 g/mol. The van der Waals surface area contributed by atoms with E-state index in [1.807, 2.05) is 22.6 Å². The van der Waals surface area contributed by atoms with Crippen molar-refractivity contribution in [1.29, 1.82) is 0 Å².